The van der Waals surface area contributed by atoms with E-state index in [0.717, 1.165) is 33.5 Å². The third-order valence-electron chi connectivity index (χ3n) is 7.07. The van der Waals surface area contributed by atoms with E-state index in [2.05, 4.69) is 14.8 Å². The minimum Gasteiger partial charge on any atom is -0.468 e. The number of rotatable bonds is 7. The lowest BCUT2D eigenvalue weighted by Gasteiger charge is -2.55. The highest BCUT2D eigenvalue weighted by Crippen LogP contribution is 2.60. The van der Waals surface area contributed by atoms with Gasteiger partial charge in [0.1, 0.15) is 6.04 Å². The zero-order valence-electron chi connectivity index (χ0n) is 16.7. The number of nitrogens with one attached hydrogen (secondary N) is 1. The molecule has 0 heterocycles. The maximum atomic E-state index is 13.3. The van der Waals surface area contributed by atoms with Crippen LogP contribution < -0.4 is 11.1 Å². The third-order valence-corrected chi connectivity index (χ3v) is 7.07. The molecule has 0 aliphatic heterocycles. The Kier molecular flexibility index (Phi) is 5.68. The Bertz CT molecular complexity index is 624. The average molecular weight is 394 g/mol. The van der Waals surface area contributed by atoms with Crippen molar-refractivity contribution in [2.45, 2.75) is 51.5 Å². The zero-order chi connectivity index (χ0) is 20.6. The van der Waals surface area contributed by atoms with E-state index in [1.54, 1.807) is 0 Å². The first-order valence-corrected chi connectivity index (χ1v) is 9.96. The Morgan fingerprint density at radius 1 is 0.929 bits per heavy atom. The van der Waals surface area contributed by atoms with Gasteiger partial charge < -0.3 is 20.5 Å². The van der Waals surface area contributed by atoms with Crippen LogP contribution in [-0.4, -0.2) is 44.0 Å². The van der Waals surface area contributed by atoms with Crippen molar-refractivity contribution in [2.75, 3.05) is 14.2 Å². The standard InChI is InChI=1S/C20H30N2O6/c1-10(14(17(24)27-2)18(25)28-3)15(16(21)23)22-19(26)20-7-11-4-12(8-20)6-13(5-11)9-20/h10-15H,4-9H2,1-3H3,(H2,21,23)(H,22,26)/t10-,11?,12?,13?,15-,20?/m1/s1. The van der Waals surface area contributed by atoms with Gasteiger partial charge in [-0.2, -0.15) is 0 Å². The average Bonchev–Trinajstić information content (AvgIpc) is 2.64. The Morgan fingerprint density at radius 2 is 1.36 bits per heavy atom. The SMILES string of the molecule is COC(=O)C(C(=O)OC)[C@@H](C)[C@@H](NC(=O)C12CC3CC(CC(C3)C1)C2)C(N)=O. The second kappa shape index (κ2) is 7.72. The van der Waals surface area contributed by atoms with Gasteiger partial charge in [0.15, 0.2) is 5.92 Å². The number of hydrogen-bond acceptors (Lipinski definition) is 6. The van der Waals surface area contributed by atoms with Gasteiger partial charge in [0.2, 0.25) is 11.8 Å². The molecule has 0 spiro atoms. The molecule has 3 N–H and O–H groups in total. The van der Waals surface area contributed by atoms with Gasteiger partial charge in [-0.15, -0.1) is 0 Å². The van der Waals surface area contributed by atoms with E-state index in [1.165, 1.54) is 26.2 Å². The van der Waals surface area contributed by atoms with Gasteiger partial charge in [-0.1, -0.05) is 6.92 Å². The van der Waals surface area contributed by atoms with E-state index in [0.29, 0.717) is 17.8 Å². The largest absolute Gasteiger partial charge is 0.468 e. The number of hydrogen-bond donors (Lipinski definition) is 2. The monoisotopic (exact) mass is 394 g/mol. The number of amides is 2. The normalized spacial score (nSPS) is 32.5. The van der Waals surface area contributed by atoms with Crippen molar-refractivity contribution in [1.29, 1.82) is 0 Å². The van der Waals surface area contributed by atoms with Crippen molar-refractivity contribution >= 4 is 23.8 Å². The highest BCUT2D eigenvalue weighted by molar-refractivity contribution is 5.97. The summed E-state index contributed by atoms with van der Waals surface area (Å²) in [5, 5.41) is 2.78. The number of methoxy groups -OCH3 is 2. The van der Waals surface area contributed by atoms with Crippen molar-refractivity contribution in [3.05, 3.63) is 0 Å². The summed E-state index contributed by atoms with van der Waals surface area (Å²) in [5.41, 5.74) is 5.08. The van der Waals surface area contributed by atoms with Gasteiger partial charge in [-0.25, -0.2) is 0 Å². The Labute approximate surface area is 164 Å². The van der Waals surface area contributed by atoms with Crippen molar-refractivity contribution < 1.29 is 28.7 Å². The number of ether oxygens (including phenoxy) is 2. The predicted octanol–water partition coefficient (Wildman–Crippen LogP) is 0.771. The van der Waals surface area contributed by atoms with Gasteiger partial charge in [0, 0.05) is 11.3 Å². The van der Waals surface area contributed by atoms with Crippen LogP contribution in [0.15, 0.2) is 0 Å². The minimum absolute atomic E-state index is 0.185. The van der Waals surface area contributed by atoms with E-state index in [1.807, 2.05) is 0 Å². The van der Waals surface area contributed by atoms with E-state index in [9.17, 15) is 19.2 Å². The van der Waals surface area contributed by atoms with E-state index >= 15 is 0 Å². The molecule has 0 aromatic carbocycles. The molecule has 0 aromatic heterocycles. The molecule has 2 amide bonds. The summed E-state index contributed by atoms with van der Waals surface area (Å²) in [6.45, 7) is 1.52. The molecule has 8 nitrogen and oxygen atoms in total. The molecule has 4 fully saturated rings. The van der Waals surface area contributed by atoms with Crippen LogP contribution in [0.2, 0.25) is 0 Å². The molecular formula is C20H30N2O6. The molecule has 8 heteroatoms. The van der Waals surface area contributed by atoms with E-state index in [4.69, 9.17) is 5.73 Å². The maximum Gasteiger partial charge on any atom is 0.320 e. The van der Waals surface area contributed by atoms with Gasteiger partial charge in [-0.3, -0.25) is 19.2 Å². The number of primary amides is 1. The molecule has 4 rings (SSSR count). The van der Waals surface area contributed by atoms with Crippen LogP contribution in [0, 0.1) is 35.0 Å². The smallest absolute Gasteiger partial charge is 0.320 e. The van der Waals surface area contributed by atoms with Crippen molar-refractivity contribution in [3.63, 3.8) is 0 Å². The highest BCUT2D eigenvalue weighted by Gasteiger charge is 2.55. The molecule has 156 valence electrons. The van der Waals surface area contributed by atoms with Crippen LogP contribution in [0.4, 0.5) is 0 Å². The Hall–Kier alpha value is -2.12. The fraction of sp³-hybridized carbons (Fsp3) is 0.800. The topological polar surface area (TPSA) is 125 Å². The lowest BCUT2D eigenvalue weighted by molar-refractivity contribution is -0.163. The molecule has 2 atom stereocenters. The first-order valence-electron chi connectivity index (χ1n) is 9.96. The van der Waals surface area contributed by atoms with Gasteiger partial charge >= 0.3 is 11.9 Å². The lowest BCUT2D eigenvalue weighted by Crippen LogP contribution is -2.59. The quantitative estimate of drug-likeness (QED) is 0.485. The van der Waals surface area contributed by atoms with E-state index in [-0.39, 0.29) is 5.91 Å². The summed E-state index contributed by atoms with van der Waals surface area (Å²) in [5.74, 6) is -3.15. The summed E-state index contributed by atoms with van der Waals surface area (Å²) < 4.78 is 9.37. The highest BCUT2D eigenvalue weighted by atomic mass is 16.5. The van der Waals surface area contributed by atoms with Crippen LogP contribution in [0.25, 0.3) is 0 Å². The van der Waals surface area contributed by atoms with Gasteiger partial charge in [-0.05, 0) is 56.3 Å². The molecule has 0 saturated heterocycles. The molecule has 4 aliphatic carbocycles. The van der Waals surface area contributed by atoms with Crippen LogP contribution in [0.3, 0.4) is 0 Å². The summed E-state index contributed by atoms with van der Waals surface area (Å²) in [6.07, 6.45) is 6.07. The Morgan fingerprint density at radius 3 is 1.71 bits per heavy atom. The molecule has 28 heavy (non-hydrogen) atoms. The summed E-state index contributed by atoms with van der Waals surface area (Å²) in [4.78, 5) is 49.6. The molecule has 4 saturated carbocycles. The first kappa shape index (κ1) is 20.6. The van der Waals surface area contributed by atoms with Crippen LogP contribution in [-0.2, 0) is 28.7 Å². The zero-order valence-corrected chi connectivity index (χ0v) is 16.7. The maximum absolute atomic E-state index is 13.3. The van der Waals surface area contributed by atoms with Crippen LogP contribution in [0.1, 0.15) is 45.4 Å². The minimum atomic E-state index is -1.34. The van der Waals surface area contributed by atoms with E-state index < -0.39 is 41.1 Å². The second-order valence-electron chi connectivity index (χ2n) is 8.93. The van der Waals surface area contributed by atoms with Crippen molar-refractivity contribution in [1.82, 2.24) is 5.32 Å². The summed E-state index contributed by atoms with van der Waals surface area (Å²) in [6, 6.07) is -1.16. The molecular weight excluding hydrogens is 364 g/mol. The lowest BCUT2D eigenvalue weighted by atomic mass is 9.49. The molecule has 0 aromatic rings. The first-order chi connectivity index (χ1) is 13.2. The van der Waals surface area contributed by atoms with Crippen molar-refractivity contribution in [2.24, 2.45) is 40.7 Å². The Balaban J connectivity index is 1.79. The summed E-state index contributed by atoms with van der Waals surface area (Å²) >= 11 is 0. The van der Waals surface area contributed by atoms with Gasteiger partial charge in [0.25, 0.3) is 0 Å². The number of esters is 2. The molecule has 0 radical (unpaired) electrons. The second-order valence-corrected chi connectivity index (χ2v) is 8.93. The van der Waals surface area contributed by atoms with Crippen LogP contribution >= 0.6 is 0 Å². The molecule has 4 aliphatic rings. The van der Waals surface area contributed by atoms with Gasteiger partial charge in [0.05, 0.1) is 14.2 Å². The third kappa shape index (κ3) is 3.61. The van der Waals surface area contributed by atoms with Crippen LogP contribution in [0.5, 0.6) is 0 Å². The summed E-state index contributed by atoms with van der Waals surface area (Å²) in [7, 11) is 2.30. The number of carbonyl (C=O) groups excluding carboxylic acids is 4. The fourth-order valence-electron chi connectivity index (χ4n) is 6.12. The number of carbonyl (C=O) groups is 4. The van der Waals surface area contributed by atoms with Crippen molar-refractivity contribution in [3.8, 4) is 0 Å². The molecule has 4 bridgehead atoms. The number of nitrogens with two attached hydrogens (primary N) is 1. The predicted molar refractivity (Wildman–Crippen MR) is 98.4 cm³/mol. The fourth-order valence-corrected chi connectivity index (χ4v) is 6.12. The molecule has 0 unspecified atom stereocenters.